The summed E-state index contributed by atoms with van der Waals surface area (Å²) in [5.41, 5.74) is 1.01. The van der Waals surface area contributed by atoms with Gasteiger partial charge < -0.3 is 14.8 Å². The first-order chi connectivity index (χ1) is 7.31. The molecule has 1 aromatic carbocycles. The molecule has 1 aromatic rings. The van der Waals surface area contributed by atoms with E-state index in [9.17, 15) is 0 Å². The van der Waals surface area contributed by atoms with Crippen LogP contribution in [0.15, 0.2) is 18.2 Å². The fourth-order valence-corrected chi connectivity index (χ4v) is 1.38. The Labute approximate surface area is 95.3 Å². The lowest BCUT2D eigenvalue weighted by molar-refractivity contribution is 0.355. The molecule has 0 radical (unpaired) electrons. The van der Waals surface area contributed by atoms with E-state index in [0.717, 1.165) is 30.2 Å². The maximum Gasteiger partial charge on any atom is 0.162 e. The molecule has 1 rings (SSSR count). The highest BCUT2D eigenvalue weighted by atomic mass is 35.5. The van der Waals surface area contributed by atoms with Crippen molar-refractivity contribution >= 4 is 17.3 Å². The van der Waals surface area contributed by atoms with Gasteiger partial charge in [0.15, 0.2) is 11.5 Å². The molecule has 84 valence electrons. The summed E-state index contributed by atoms with van der Waals surface area (Å²) in [5.74, 6) is 2.13. The predicted molar refractivity (Wildman–Crippen MR) is 63.4 cm³/mol. The second-order valence-electron chi connectivity index (χ2n) is 3.04. The van der Waals surface area contributed by atoms with Crippen LogP contribution in [-0.2, 0) is 0 Å². The van der Waals surface area contributed by atoms with Crippen molar-refractivity contribution in [1.29, 1.82) is 0 Å². The molecular weight excluding hydrogens is 214 g/mol. The van der Waals surface area contributed by atoms with Gasteiger partial charge in [0.05, 0.1) is 14.2 Å². The highest BCUT2D eigenvalue weighted by Gasteiger charge is 2.03. The average molecular weight is 230 g/mol. The van der Waals surface area contributed by atoms with Crippen LogP contribution in [0.5, 0.6) is 11.5 Å². The molecule has 0 bridgehead atoms. The van der Waals surface area contributed by atoms with Crippen LogP contribution in [0.3, 0.4) is 0 Å². The lowest BCUT2D eigenvalue weighted by Gasteiger charge is -2.10. The fraction of sp³-hybridized carbons (Fsp3) is 0.455. The van der Waals surface area contributed by atoms with Crippen LogP contribution in [0.4, 0.5) is 5.69 Å². The average Bonchev–Trinajstić information content (AvgIpc) is 2.29. The van der Waals surface area contributed by atoms with E-state index in [2.05, 4.69) is 5.32 Å². The number of ether oxygens (including phenoxy) is 2. The fourth-order valence-electron chi connectivity index (χ4n) is 1.25. The molecule has 0 atom stereocenters. The summed E-state index contributed by atoms with van der Waals surface area (Å²) < 4.78 is 10.3. The Morgan fingerprint density at radius 2 is 1.93 bits per heavy atom. The standard InChI is InChI=1S/C11H16ClNO2/c1-14-10-5-4-9(8-11(10)15-2)13-7-3-6-12/h4-5,8,13H,3,6-7H2,1-2H3. The summed E-state index contributed by atoms with van der Waals surface area (Å²) in [6, 6.07) is 5.74. The Hall–Kier alpha value is -1.09. The number of benzene rings is 1. The van der Waals surface area contributed by atoms with Gasteiger partial charge in [0.1, 0.15) is 0 Å². The van der Waals surface area contributed by atoms with Gasteiger partial charge in [-0.2, -0.15) is 0 Å². The number of halogens is 1. The second-order valence-corrected chi connectivity index (χ2v) is 3.42. The van der Waals surface area contributed by atoms with Crippen LogP contribution in [-0.4, -0.2) is 26.6 Å². The van der Waals surface area contributed by atoms with Gasteiger partial charge in [-0.05, 0) is 18.6 Å². The van der Waals surface area contributed by atoms with Gasteiger partial charge in [0, 0.05) is 24.2 Å². The molecule has 3 nitrogen and oxygen atoms in total. The monoisotopic (exact) mass is 229 g/mol. The molecule has 0 saturated carbocycles. The first-order valence-corrected chi connectivity index (χ1v) is 5.37. The van der Waals surface area contributed by atoms with Crippen molar-refractivity contribution in [2.24, 2.45) is 0 Å². The maximum atomic E-state index is 5.59. The van der Waals surface area contributed by atoms with Crippen LogP contribution < -0.4 is 14.8 Å². The molecule has 0 spiro atoms. The van der Waals surface area contributed by atoms with Crippen molar-refractivity contribution in [1.82, 2.24) is 0 Å². The smallest absolute Gasteiger partial charge is 0.162 e. The minimum Gasteiger partial charge on any atom is -0.493 e. The molecule has 15 heavy (non-hydrogen) atoms. The molecule has 1 N–H and O–H groups in total. The summed E-state index contributed by atoms with van der Waals surface area (Å²) in [5, 5.41) is 3.25. The van der Waals surface area contributed by atoms with Crippen LogP contribution in [0.2, 0.25) is 0 Å². The van der Waals surface area contributed by atoms with Crippen molar-refractivity contribution in [3.05, 3.63) is 18.2 Å². The first kappa shape index (κ1) is 12.0. The molecule has 0 aliphatic rings. The van der Waals surface area contributed by atoms with Gasteiger partial charge in [0.25, 0.3) is 0 Å². The Balaban J connectivity index is 2.66. The lowest BCUT2D eigenvalue weighted by Crippen LogP contribution is -2.02. The van der Waals surface area contributed by atoms with Crippen molar-refractivity contribution in [2.75, 3.05) is 32.0 Å². The Morgan fingerprint density at radius 3 is 2.53 bits per heavy atom. The molecule has 0 saturated heterocycles. The van der Waals surface area contributed by atoms with E-state index in [1.165, 1.54) is 0 Å². The Bertz CT molecular complexity index is 305. The SMILES string of the molecule is COc1ccc(NCCCCl)cc1OC. The Morgan fingerprint density at radius 1 is 1.20 bits per heavy atom. The zero-order valence-electron chi connectivity index (χ0n) is 9.05. The predicted octanol–water partition coefficient (Wildman–Crippen LogP) is 2.74. The second kappa shape index (κ2) is 6.40. The van der Waals surface area contributed by atoms with Crippen LogP contribution in [0, 0.1) is 0 Å². The number of hydrogen-bond donors (Lipinski definition) is 1. The Kier molecular flexibility index (Phi) is 5.12. The van der Waals surface area contributed by atoms with Gasteiger partial charge in [-0.3, -0.25) is 0 Å². The van der Waals surface area contributed by atoms with Crippen molar-refractivity contribution in [3.63, 3.8) is 0 Å². The van der Waals surface area contributed by atoms with Gasteiger partial charge in [0.2, 0.25) is 0 Å². The zero-order valence-corrected chi connectivity index (χ0v) is 9.80. The molecule has 0 aliphatic carbocycles. The van der Waals surface area contributed by atoms with Gasteiger partial charge >= 0.3 is 0 Å². The third kappa shape index (κ3) is 3.51. The molecule has 4 heteroatoms. The number of alkyl halides is 1. The minimum absolute atomic E-state index is 0.667. The summed E-state index contributed by atoms with van der Waals surface area (Å²) in [6.07, 6.45) is 0.940. The number of rotatable bonds is 6. The summed E-state index contributed by atoms with van der Waals surface area (Å²) in [6.45, 7) is 0.860. The number of methoxy groups -OCH3 is 2. The van der Waals surface area contributed by atoms with E-state index in [4.69, 9.17) is 21.1 Å². The number of hydrogen-bond acceptors (Lipinski definition) is 3. The van der Waals surface area contributed by atoms with E-state index in [1.54, 1.807) is 14.2 Å². The van der Waals surface area contributed by atoms with Gasteiger partial charge in [-0.25, -0.2) is 0 Å². The number of nitrogens with one attached hydrogen (secondary N) is 1. The van der Waals surface area contributed by atoms with Crippen molar-refractivity contribution in [3.8, 4) is 11.5 Å². The van der Waals surface area contributed by atoms with Crippen molar-refractivity contribution in [2.45, 2.75) is 6.42 Å². The van der Waals surface area contributed by atoms with Crippen molar-refractivity contribution < 1.29 is 9.47 Å². The van der Waals surface area contributed by atoms with Crippen LogP contribution >= 0.6 is 11.6 Å². The number of anilines is 1. The molecule has 0 aliphatic heterocycles. The van der Waals surface area contributed by atoms with Gasteiger partial charge in [-0.1, -0.05) is 0 Å². The highest BCUT2D eigenvalue weighted by molar-refractivity contribution is 6.17. The largest absolute Gasteiger partial charge is 0.493 e. The highest BCUT2D eigenvalue weighted by Crippen LogP contribution is 2.29. The molecular formula is C11H16ClNO2. The summed E-state index contributed by atoms with van der Waals surface area (Å²) in [4.78, 5) is 0. The van der Waals surface area contributed by atoms with Crippen LogP contribution in [0.25, 0.3) is 0 Å². The van der Waals surface area contributed by atoms with E-state index in [1.807, 2.05) is 18.2 Å². The maximum absolute atomic E-state index is 5.59. The molecule has 0 aromatic heterocycles. The zero-order chi connectivity index (χ0) is 11.1. The molecule has 0 heterocycles. The van der Waals surface area contributed by atoms with E-state index in [-0.39, 0.29) is 0 Å². The van der Waals surface area contributed by atoms with E-state index >= 15 is 0 Å². The first-order valence-electron chi connectivity index (χ1n) is 4.83. The van der Waals surface area contributed by atoms with Crippen LogP contribution in [0.1, 0.15) is 6.42 Å². The normalized spacial score (nSPS) is 9.80. The summed E-state index contributed by atoms with van der Waals surface area (Å²) in [7, 11) is 3.25. The molecule has 0 fully saturated rings. The third-order valence-electron chi connectivity index (χ3n) is 2.02. The molecule has 0 unspecified atom stereocenters. The quantitative estimate of drug-likeness (QED) is 0.601. The van der Waals surface area contributed by atoms with E-state index < -0.39 is 0 Å². The third-order valence-corrected chi connectivity index (χ3v) is 2.29. The topological polar surface area (TPSA) is 30.5 Å². The lowest BCUT2D eigenvalue weighted by atomic mass is 10.2. The minimum atomic E-state index is 0.667. The molecule has 0 amide bonds. The van der Waals surface area contributed by atoms with E-state index in [0.29, 0.717) is 5.88 Å². The summed E-state index contributed by atoms with van der Waals surface area (Å²) >= 11 is 5.59. The van der Waals surface area contributed by atoms with Gasteiger partial charge in [-0.15, -0.1) is 11.6 Å².